The molecule has 3 aromatic rings. The van der Waals surface area contributed by atoms with Crippen LogP contribution in [0, 0.1) is 19.7 Å². The van der Waals surface area contributed by atoms with Crippen LogP contribution in [-0.4, -0.2) is 30.3 Å². The van der Waals surface area contributed by atoms with E-state index in [1.807, 2.05) is 25.1 Å². The Morgan fingerprint density at radius 1 is 1.27 bits per heavy atom. The molecular formula is C20H20FNO4. The summed E-state index contributed by atoms with van der Waals surface area (Å²) in [5, 5.41) is 13.2. The number of hydrogen-bond acceptors (Lipinski definition) is 4. The molecule has 6 heteroatoms. The molecule has 0 aliphatic carbocycles. The van der Waals surface area contributed by atoms with Gasteiger partial charge in [0, 0.05) is 17.5 Å². The number of aliphatic hydroxyl groups is 1. The lowest BCUT2D eigenvalue weighted by atomic mass is 10.1. The first-order valence-corrected chi connectivity index (χ1v) is 8.28. The average Bonchev–Trinajstić information content (AvgIpc) is 2.94. The van der Waals surface area contributed by atoms with Crippen LogP contribution in [0.4, 0.5) is 4.39 Å². The Morgan fingerprint density at radius 2 is 2.08 bits per heavy atom. The number of fused-ring (bicyclic) bond motifs is 1. The Balaban J connectivity index is 1.57. The van der Waals surface area contributed by atoms with E-state index >= 15 is 0 Å². The van der Waals surface area contributed by atoms with E-state index in [-0.39, 0.29) is 18.9 Å². The smallest absolute Gasteiger partial charge is 0.287 e. The van der Waals surface area contributed by atoms with Gasteiger partial charge in [-0.3, -0.25) is 4.79 Å². The highest BCUT2D eigenvalue weighted by atomic mass is 19.1. The summed E-state index contributed by atoms with van der Waals surface area (Å²) in [6.07, 6.45) is -0.874. The zero-order chi connectivity index (χ0) is 18.7. The van der Waals surface area contributed by atoms with Gasteiger partial charge in [-0.2, -0.15) is 0 Å². The lowest BCUT2D eigenvalue weighted by molar-refractivity contribution is 0.0823. The minimum atomic E-state index is -0.874. The molecule has 5 nitrogen and oxygen atoms in total. The molecule has 1 unspecified atom stereocenters. The molecule has 1 aromatic heterocycles. The lowest BCUT2D eigenvalue weighted by Gasteiger charge is -2.13. The first kappa shape index (κ1) is 17.9. The molecule has 2 N–H and O–H groups in total. The van der Waals surface area contributed by atoms with Gasteiger partial charge in [0.1, 0.15) is 29.9 Å². The summed E-state index contributed by atoms with van der Waals surface area (Å²) in [5.74, 6) is -0.0891. The standard InChI is InChI=1S/C20H20FNO4/c1-12-4-3-5-16(8-12)25-11-15(23)10-22-20(24)19-13(2)17-9-14(21)6-7-18(17)26-19/h3-9,15,23H,10-11H2,1-2H3,(H,22,24). The minimum absolute atomic E-state index is 0.00942. The van der Waals surface area contributed by atoms with Gasteiger partial charge in [-0.25, -0.2) is 4.39 Å². The third-order valence-corrected chi connectivity index (χ3v) is 4.03. The molecule has 0 bridgehead atoms. The molecule has 0 saturated carbocycles. The summed E-state index contributed by atoms with van der Waals surface area (Å²) in [5.41, 5.74) is 2.06. The van der Waals surface area contributed by atoms with Crippen LogP contribution < -0.4 is 10.1 Å². The van der Waals surface area contributed by atoms with Crippen LogP contribution in [0.25, 0.3) is 11.0 Å². The fourth-order valence-corrected chi connectivity index (χ4v) is 2.66. The first-order chi connectivity index (χ1) is 12.4. The molecular weight excluding hydrogens is 337 g/mol. The van der Waals surface area contributed by atoms with Crippen molar-refractivity contribution in [2.24, 2.45) is 0 Å². The van der Waals surface area contributed by atoms with Crippen LogP contribution in [0.15, 0.2) is 46.9 Å². The summed E-state index contributed by atoms with van der Waals surface area (Å²) < 4.78 is 24.3. The predicted octanol–water partition coefficient (Wildman–Crippen LogP) is 3.36. The summed E-state index contributed by atoms with van der Waals surface area (Å²) in [4.78, 5) is 12.3. The van der Waals surface area contributed by atoms with Crippen molar-refractivity contribution in [3.05, 3.63) is 65.2 Å². The monoisotopic (exact) mass is 357 g/mol. The normalized spacial score (nSPS) is 12.2. The maximum Gasteiger partial charge on any atom is 0.287 e. The lowest BCUT2D eigenvalue weighted by Crippen LogP contribution is -2.35. The maximum absolute atomic E-state index is 13.3. The van der Waals surface area contributed by atoms with Gasteiger partial charge in [0.2, 0.25) is 0 Å². The van der Waals surface area contributed by atoms with E-state index < -0.39 is 17.8 Å². The van der Waals surface area contributed by atoms with Crippen LogP contribution in [0.5, 0.6) is 5.75 Å². The zero-order valence-electron chi connectivity index (χ0n) is 14.6. The minimum Gasteiger partial charge on any atom is -0.491 e. The molecule has 0 fully saturated rings. The molecule has 0 aliphatic heterocycles. The second-order valence-corrected chi connectivity index (χ2v) is 6.19. The Hall–Kier alpha value is -2.86. The van der Waals surface area contributed by atoms with Gasteiger partial charge in [-0.15, -0.1) is 0 Å². The summed E-state index contributed by atoms with van der Waals surface area (Å²) >= 11 is 0. The number of aliphatic hydroxyl groups excluding tert-OH is 1. The van der Waals surface area contributed by atoms with Crippen LogP contribution in [-0.2, 0) is 0 Å². The number of hydrogen-bond donors (Lipinski definition) is 2. The number of rotatable bonds is 6. The number of carbonyl (C=O) groups excluding carboxylic acids is 1. The number of amides is 1. The van der Waals surface area contributed by atoms with Crippen LogP contribution in [0.3, 0.4) is 0 Å². The topological polar surface area (TPSA) is 71.7 Å². The van der Waals surface area contributed by atoms with Gasteiger partial charge in [0.15, 0.2) is 5.76 Å². The quantitative estimate of drug-likeness (QED) is 0.710. The molecule has 26 heavy (non-hydrogen) atoms. The summed E-state index contributed by atoms with van der Waals surface area (Å²) in [6, 6.07) is 11.6. The highest BCUT2D eigenvalue weighted by Gasteiger charge is 2.19. The van der Waals surface area contributed by atoms with Crippen molar-refractivity contribution in [1.82, 2.24) is 5.32 Å². The molecule has 1 atom stereocenters. The largest absolute Gasteiger partial charge is 0.491 e. The van der Waals surface area contributed by atoms with Crippen molar-refractivity contribution in [1.29, 1.82) is 0 Å². The molecule has 0 spiro atoms. The van der Waals surface area contributed by atoms with Gasteiger partial charge in [-0.1, -0.05) is 12.1 Å². The number of aryl methyl sites for hydroxylation is 2. The van der Waals surface area contributed by atoms with E-state index in [0.717, 1.165) is 5.56 Å². The van der Waals surface area contributed by atoms with E-state index in [2.05, 4.69) is 5.32 Å². The Kier molecular flexibility index (Phi) is 5.23. The molecule has 0 saturated heterocycles. The van der Waals surface area contributed by atoms with Crippen LogP contribution >= 0.6 is 0 Å². The van der Waals surface area contributed by atoms with E-state index in [1.54, 1.807) is 13.0 Å². The first-order valence-electron chi connectivity index (χ1n) is 8.28. The van der Waals surface area contributed by atoms with Crippen molar-refractivity contribution in [3.8, 4) is 5.75 Å². The Bertz CT molecular complexity index is 935. The molecule has 0 aliphatic rings. The third kappa shape index (κ3) is 4.03. The van der Waals surface area contributed by atoms with E-state index in [1.165, 1.54) is 18.2 Å². The van der Waals surface area contributed by atoms with E-state index in [0.29, 0.717) is 22.3 Å². The molecule has 1 amide bonds. The Labute approximate surface area is 150 Å². The van der Waals surface area contributed by atoms with Crippen molar-refractivity contribution >= 4 is 16.9 Å². The van der Waals surface area contributed by atoms with Crippen molar-refractivity contribution in [2.75, 3.05) is 13.2 Å². The van der Waals surface area contributed by atoms with Crippen molar-refractivity contribution < 1.29 is 23.4 Å². The molecule has 2 aromatic carbocycles. The molecule has 0 radical (unpaired) electrons. The summed E-state index contributed by atoms with van der Waals surface area (Å²) in [6.45, 7) is 3.70. The molecule has 1 heterocycles. The van der Waals surface area contributed by atoms with Crippen LogP contribution in [0.2, 0.25) is 0 Å². The number of ether oxygens (including phenoxy) is 1. The van der Waals surface area contributed by atoms with Crippen LogP contribution in [0.1, 0.15) is 21.7 Å². The van der Waals surface area contributed by atoms with Crippen molar-refractivity contribution in [3.63, 3.8) is 0 Å². The van der Waals surface area contributed by atoms with Gasteiger partial charge >= 0.3 is 0 Å². The van der Waals surface area contributed by atoms with Gasteiger partial charge in [0.05, 0.1) is 0 Å². The second-order valence-electron chi connectivity index (χ2n) is 6.19. The average molecular weight is 357 g/mol. The number of nitrogens with one attached hydrogen (secondary N) is 1. The number of halogens is 1. The third-order valence-electron chi connectivity index (χ3n) is 4.03. The summed E-state index contributed by atoms with van der Waals surface area (Å²) in [7, 11) is 0. The van der Waals surface area contributed by atoms with Crippen molar-refractivity contribution in [2.45, 2.75) is 20.0 Å². The van der Waals surface area contributed by atoms with Gasteiger partial charge in [0.25, 0.3) is 5.91 Å². The fraction of sp³-hybridized carbons (Fsp3) is 0.250. The van der Waals surface area contributed by atoms with Gasteiger partial charge < -0.3 is 19.6 Å². The number of carbonyl (C=O) groups is 1. The SMILES string of the molecule is Cc1cccc(OCC(O)CNC(=O)c2oc3ccc(F)cc3c2C)c1. The van der Waals surface area contributed by atoms with E-state index in [4.69, 9.17) is 9.15 Å². The number of furan rings is 1. The van der Waals surface area contributed by atoms with Gasteiger partial charge in [-0.05, 0) is 49.7 Å². The second kappa shape index (κ2) is 7.58. The number of benzene rings is 2. The maximum atomic E-state index is 13.3. The highest BCUT2D eigenvalue weighted by Crippen LogP contribution is 2.25. The fourth-order valence-electron chi connectivity index (χ4n) is 2.66. The zero-order valence-corrected chi connectivity index (χ0v) is 14.6. The highest BCUT2D eigenvalue weighted by molar-refractivity contribution is 5.98. The van der Waals surface area contributed by atoms with E-state index in [9.17, 15) is 14.3 Å². The molecule has 3 rings (SSSR count). The molecule has 136 valence electrons. The predicted molar refractivity (Wildman–Crippen MR) is 95.9 cm³/mol. The Morgan fingerprint density at radius 3 is 2.85 bits per heavy atom.